The molecule has 170 valence electrons. The Labute approximate surface area is 196 Å². The molecule has 0 spiro atoms. The Balaban J connectivity index is 1.24. The number of aromatic nitrogens is 2. The average molecular weight is 464 g/mol. The molecule has 1 saturated heterocycles. The van der Waals surface area contributed by atoms with Crippen molar-refractivity contribution in [3.05, 3.63) is 72.2 Å². The summed E-state index contributed by atoms with van der Waals surface area (Å²) in [7, 11) is 1.68. The first-order valence-electron chi connectivity index (χ1n) is 10.9. The highest BCUT2D eigenvalue weighted by Crippen LogP contribution is 2.25. The van der Waals surface area contributed by atoms with Gasteiger partial charge in [-0.1, -0.05) is 0 Å². The van der Waals surface area contributed by atoms with E-state index in [-0.39, 0.29) is 11.9 Å². The van der Waals surface area contributed by atoms with Crippen molar-refractivity contribution < 1.29 is 13.9 Å². The van der Waals surface area contributed by atoms with Gasteiger partial charge in [-0.2, -0.15) is 8.75 Å². The Kier molecular flexibility index (Phi) is 6.23. The van der Waals surface area contributed by atoms with Crippen molar-refractivity contribution in [2.75, 3.05) is 44.7 Å². The van der Waals surface area contributed by atoms with Crippen molar-refractivity contribution in [2.45, 2.75) is 6.04 Å². The number of ether oxygens (including phenoxy) is 1. The maximum absolute atomic E-state index is 12.8. The quantitative estimate of drug-likeness (QED) is 0.448. The number of hydrogen-bond donors (Lipinski definition) is 1. The second kappa shape index (κ2) is 9.60. The number of benzene rings is 2. The third-order valence-corrected chi connectivity index (χ3v) is 6.59. The standard InChI is InChI=1S/C24H25N5O3S/c1-31-19-7-5-18(6-8-19)28-10-12-29(13-11-28)22(23-3-2-14-32-23)16-25-24(30)17-4-9-20-21(15-17)27-33-26-20/h2-9,14-15,22H,10-13,16H2,1H3,(H,25,30)/t22-/m0/s1. The normalized spacial score (nSPS) is 15.5. The SMILES string of the molecule is COc1ccc(N2CCN([C@@H](CNC(=O)c3ccc4nsnc4c3)c3ccco3)CC2)cc1. The van der Waals surface area contributed by atoms with Gasteiger partial charge in [0.15, 0.2) is 0 Å². The van der Waals surface area contributed by atoms with Gasteiger partial charge in [0.1, 0.15) is 22.5 Å². The van der Waals surface area contributed by atoms with E-state index < -0.39 is 0 Å². The van der Waals surface area contributed by atoms with E-state index in [1.54, 1.807) is 25.5 Å². The molecule has 5 rings (SSSR count). The molecule has 0 saturated carbocycles. The van der Waals surface area contributed by atoms with Gasteiger partial charge in [0, 0.05) is 44.0 Å². The molecular weight excluding hydrogens is 438 g/mol. The molecule has 0 aliphatic carbocycles. The number of carbonyl (C=O) groups is 1. The molecule has 3 heterocycles. The topological polar surface area (TPSA) is 83.7 Å². The number of piperazine rings is 1. The van der Waals surface area contributed by atoms with Crippen LogP contribution in [0.4, 0.5) is 5.69 Å². The van der Waals surface area contributed by atoms with Gasteiger partial charge < -0.3 is 19.4 Å². The maximum Gasteiger partial charge on any atom is 0.251 e. The summed E-state index contributed by atoms with van der Waals surface area (Å²) in [6.45, 7) is 3.98. The van der Waals surface area contributed by atoms with Gasteiger partial charge in [0.05, 0.1) is 31.1 Å². The number of furan rings is 1. The molecule has 2 aromatic carbocycles. The predicted molar refractivity (Wildman–Crippen MR) is 128 cm³/mol. The van der Waals surface area contributed by atoms with Crippen molar-refractivity contribution in [1.82, 2.24) is 19.0 Å². The van der Waals surface area contributed by atoms with Crippen LogP contribution in [0.25, 0.3) is 11.0 Å². The highest BCUT2D eigenvalue weighted by Gasteiger charge is 2.27. The number of amides is 1. The van der Waals surface area contributed by atoms with Crippen LogP contribution in [-0.4, -0.2) is 59.4 Å². The van der Waals surface area contributed by atoms with Gasteiger partial charge in [-0.05, 0) is 54.6 Å². The van der Waals surface area contributed by atoms with Crippen LogP contribution >= 0.6 is 11.7 Å². The molecule has 0 bridgehead atoms. The van der Waals surface area contributed by atoms with E-state index >= 15 is 0 Å². The summed E-state index contributed by atoms with van der Waals surface area (Å²) in [5.41, 5.74) is 3.31. The lowest BCUT2D eigenvalue weighted by atomic mass is 10.1. The molecular formula is C24H25N5O3S. The van der Waals surface area contributed by atoms with E-state index in [9.17, 15) is 4.79 Å². The smallest absolute Gasteiger partial charge is 0.251 e. The lowest BCUT2D eigenvalue weighted by Gasteiger charge is -2.39. The van der Waals surface area contributed by atoms with Crippen LogP contribution in [0.3, 0.4) is 0 Å². The molecule has 1 aliphatic rings. The Morgan fingerprint density at radius 1 is 1.09 bits per heavy atom. The number of hydrogen-bond acceptors (Lipinski definition) is 8. The van der Waals surface area contributed by atoms with E-state index in [1.807, 2.05) is 30.3 Å². The number of rotatable bonds is 7. The number of carbonyl (C=O) groups excluding carboxylic acids is 1. The monoisotopic (exact) mass is 463 g/mol. The summed E-state index contributed by atoms with van der Waals surface area (Å²) in [5, 5.41) is 3.08. The van der Waals surface area contributed by atoms with Gasteiger partial charge in [0.25, 0.3) is 5.91 Å². The zero-order valence-electron chi connectivity index (χ0n) is 18.3. The second-order valence-corrected chi connectivity index (χ2v) is 8.46. The zero-order chi connectivity index (χ0) is 22.6. The Hall–Kier alpha value is -3.43. The van der Waals surface area contributed by atoms with Gasteiger partial charge in [0.2, 0.25) is 0 Å². The fourth-order valence-corrected chi connectivity index (χ4v) is 4.71. The number of methoxy groups -OCH3 is 1. The molecule has 2 aromatic heterocycles. The molecule has 9 heteroatoms. The maximum atomic E-state index is 12.8. The molecule has 0 unspecified atom stereocenters. The van der Waals surface area contributed by atoms with Gasteiger partial charge in [-0.25, -0.2) is 0 Å². The van der Waals surface area contributed by atoms with E-state index in [0.717, 1.165) is 60.5 Å². The van der Waals surface area contributed by atoms with Crippen LogP contribution in [0.2, 0.25) is 0 Å². The molecule has 1 amide bonds. The van der Waals surface area contributed by atoms with E-state index in [2.05, 4.69) is 36.0 Å². The fraction of sp³-hybridized carbons (Fsp3) is 0.292. The first kappa shape index (κ1) is 21.4. The minimum Gasteiger partial charge on any atom is -0.497 e. The van der Waals surface area contributed by atoms with Crippen molar-refractivity contribution in [3.63, 3.8) is 0 Å². The van der Waals surface area contributed by atoms with Crippen molar-refractivity contribution in [2.24, 2.45) is 0 Å². The Morgan fingerprint density at radius 2 is 1.88 bits per heavy atom. The van der Waals surface area contributed by atoms with Crippen LogP contribution in [0.5, 0.6) is 5.75 Å². The first-order valence-corrected chi connectivity index (χ1v) is 11.6. The van der Waals surface area contributed by atoms with Crippen LogP contribution in [0.1, 0.15) is 22.2 Å². The highest BCUT2D eigenvalue weighted by atomic mass is 32.1. The van der Waals surface area contributed by atoms with E-state index in [0.29, 0.717) is 12.1 Å². The van der Waals surface area contributed by atoms with Crippen molar-refractivity contribution in [1.29, 1.82) is 0 Å². The van der Waals surface area contributed by atoms with Gasteiger partial charge >= 0.3 is 0 Å². The number of fused-ring (bicyclic) bond motifs is 1. The third-order valence-electron chi connectivity index (χ3n) is 6.04. The minimum absolute atomic E-state index is 0.0355. The molecule has 1 atom stereocenters. The Morgan fingerprint density at radius 3 is 2.61 bits per heavy atom. The van der Waals surface area contributed by atoms with Crippen LogP contribution in [-0.2, 0) is 0 Å². The fourth-order valence-electron chi connectivity index (χ4n) is 4.19. The van der Waals surface area contributed by atoms with Gasteiger partial charge in [-0.3, -0.25) is 9.69 Å². The number of nitrogens with zero attached hydrogens (tertiary/aromatic N) is 4. The lowest BCUT2D eigenvalue weighted by Crippen LogP contribution is -2.49. The average Bonchev–Trinajstić information content (AvgIpc) is 3.56. The van der Waals surface area contributed by atoms with Crippen LogP contribution in [0.15, 0.2) is 65.3 Å². The summed E-state index contributed by atoms with van der Waals surface area (Å²) in [6.07, 6.45) is 1.68. The summed E-state index contributed by atoms with van der Waals surface area (Å²) >= 11 is 1.15. The highest BCUT2D eigenvalue weighted by molar-refractivity contribution is 7.00. The van der Waals surface area contributed by atoms with Crippen molar-refractivity contribution in [3.8, 4) is 5.75 Å². The molecule has 8 nitrogen and oxygen atoms in total. The van der Waals surface area contributed by atoms with E-state index in [1.165, 1.54) is 5.69 Å². The molecule has 1 N–H and O–H groups in total. The largest absolute Gasteiger partial charge is 0.497 e. The third kappa shape index (κ3) is 4.69. The molecule has 0 radical (unpaired) electrons. The summed E-state index contributed by atoms with van der Waals surface area (Å²) in [4.78, 5) is 17.6. The summed E-state index contributed by atoms with van der Waals surface area (Å²) in [6, 6.07) is 17.4. The molecule has 1 fully saturated rings. The summed E-state index contributed by atoms with van der Waals surface area (Å²) < 4.78 is 19.4. The minimum atomic E-state index is -0.127. The molecule has 1 aliphatic heterocycles. The van der Waals surface area contributed by atoms with Crippen molar-refractivity contribution >= 4 is 34.4 Å². The molecule has 4 aromatic rings. The van der Waals surface area contributed by atoms with E-state index in [4.69, 9.17) is 9.15 Å². The zero-order valence-corrected chi connectivity index (χ0v) is 19.1. The van der Waals surface area contributed by atoms with Crippen LogP contribution < -0.4 is 15.0 Å². The van der Waals surface area contributed by atoms with Crippen LogP contribution in [0, 0.1) is 0 Å². The number of anilines is 1. The molecule has 33 heavy (non-hydrogen) atoms. The van der Waals surface area contributed by atoms with Gasteiger partial charge in [-0.15, -0.1) is 0 Å². The first-order chi connectivity index (χ1) is 16.2. The Bertz CT molecular complexity index is 1200. The lowest BCUT2D eigenvalue weighted by molar-refractivity contribution is 0.0923. The number of nitrogens with one attached hydrogen (secondary N) is 1. The predicted octanol–water partition coefficient (Wildman–Crippen LogP) is 3.59. The second-order valence-electron chi connectivity index (χ2n) is 7.93. The summed E-state index contributed by atoms with van der Waals surface area (Å²) in [5.74, 6) is 1.59.